The second-order valence-electron chi connectivity index (χ2n) is 1.80. The molecule has 0 saturated carbocycles. The Balaban J connectivity index is 3.50. The Hall–Kier alpha value is 0.500. The molecule has 0 atom stereocenters. The van der Waals surface area contributed by atoms with Crippen LogP contribution in [0.1, 0.15) is 26.2 Å². The third kappa shape index (κ3) is 4.97. The van der Waals surface area contributed by atoms with Gasteiger partial charge in [-0.2, -0.15) is 0 Å². The number of aliphatic hydroxyl groups is 1. The third-order valence-electron chi connectivity index (χ3n) is 0.974. The Morgan fingerprint density at radius 1 is 1.44 bits per heavy atom. The van der Waals surface area contributed by atoms with Crippen molar-refractivity contribution >= 4 is 31.9 Å². The summed E-state index contributed by atoms with van der Waals surface area (Å²) in [5, 5.41) is 8.80. The number of allylic oxidation sites excluding steroid dienone is 1. The zero-order chi connectivity index (χ0) is 7.28. The molecule has 0 aromatic carbocycles. The first-order valence-corrected chi connectivity index (χ1v) is 4.50. The lowest BCUT2D eigenvalue weighted by atomic mass is 10.2. The third-order valence-corrected chi connectivity index (χ3v) is 2.76. The molecule has 0 fully saturated rings. The van der Waals surface area contributed by atoms with Gasteiger partial charge in [-0.05, 0) is 28.8 Å². The minimum atomic E-state index is 0.218. The first-order valence-electron chi connectivity index (χ1n) is 2.91. The summed E-state index contributed by atoms with van der Waals surface area (Å²) < 4.78 is 1.07. The quantitative estimate of drug-likeness (QED) is 0.765. The van der Waals surface area contributed by atoms with Gasteiger partial charge in [0.1, 0.15) is 0 Å². The van der Waals surface area contributed by atoms with Crippen molar-refractivity contribution in [2.24, 2.45) is 0 Å². The van der Waals surface area contributed by atoms with Gasteiger partial charge >= 0.3 is 0 Å². The molecule has 0 saturated heterocycles. The predicted octanol–water partition coefficient (Wildman–Crippen LogP) is 3.69. The van der Waals surface area contributed by atoms with Crippen molar-refractivity contribution < 1.29 is 5.11 Å². The standard InChI is InChI=1S/C6H10Br2O/c1-2-3-4-5(7)6(8)9/h9H,2-4H2,1H3/b6-5-. The van der Waals surface area contributed by atoms with Crippen molar-refractivity contribution in [3.8, 4) is 0 Å². The SMILES string of the molecule is CCCC/C(Br)=C(/O)Br. The van der Waals surface area contributed by atoms with Crippen LogP contribution in [0.4, 0.5) is 0 Å². The monoisotopic (exact) mass is 256 g/mol. The largest absolute Gasteiger partial charge is 0.501 e. The van der Waals surface area contributed by atoms with E-state index in [9.17, 15) is 0 Å². The van der Waals surface area contributed by atoms with Crippen LogP contribution in [-0.4, -0.2) is 5.11 Å². The van der Waals surface area contributed by atoms with Crippen molar-refractivity contribution in [1.29, 1.82) is 0 Å². The number of rotatable bonds is 3. The number of halogens is 2. The number of hydrogen-bond acceptors (Lipinski definition) is 1. The fourth-order valence-electron chi connectivity index (χ4n) is 0.435. The second-order valence-corrected chi connectivity index (χ2v) is 3.51. The molecular weight excluding hydrogens is 248 g/mol. The molecule has 9 heavy (non-hydrogen) atoms. The highest BCUT2D eigenvalue weighted by atomic mass is 79.9. The lowest BCUT2D eigenvalue weighted by molar-refractivity contribution is 0.455. The van der Waals surface area contributed by atoms with E-state index in [1.807, 2.05) is 0 Å². The Kier molecular flexibility index (Phi) is 5.59. The molecule has 3 heteroatoms. The Morgan fingerprint density at radius 3 is 2.33 bits per heavy atom. The summed E-state index contributed by atoms with van der Waals surface area (Å²) in [4.78, 5) is 0. The highest BCUT2D eigenvalue weighted by Crippen LogP contribution is 2.20. The van der Waals surface area contributed by atoms with Crippen LogP contribution in [0, 0.1) is 0 Å². The first kappa shape index (κ1) is 9.50. The molecule has 0 heterocycles. The first-order chi connectivity index (χ1) is 4.18. The van der Waals surface area contributed by atoms with Gasteiger partial charge in [0.15, 0.2) is 4.67 Å². The maximum atomic E-state index is 8.80. The lowest BCUT2D eigenvalue weighted by Gasteiger charge is -1.95. The average molecular weight is 258 g/mol. The predicted molar refractivity (Wildman–Crippen MR) is 47.0 cm³/mol. The van der Waals surface area contributed by atoms with Gasteiger partial charge in [-0.1, -0.05) is 29.3 Å². The molecule has 1 N–H and O–H groups in total. The molecule has 0 unspecified atom stereocenters. The van der Waals surface area contributed by atoms with E-state index >= 15 is 0 Å². The normalized spacial score (nSPS) is 13.2. The Bertz CT molecular complexity index is 106. The van der Waals surface area contributed by atoms with E-state index in [0.717, 1.165) is 23.7 Å². The molecule has 0 aliphatic heterocycles. The zero-order valence-electron chi connectivity index (χ0n) is 5.32. The van der Waals surface area contributed by atoms with Crippen LogP contribution in [0.15, 0.2) is 9.15 Å². The van der Waals surface area contributed by atoms with Crippen molar-refractivity contribution in [1.82, 2.24) is 0 Å². The highest BCUT2D eigenvalue weighted by molar-refractivity contribution is 9.14. The van der Waals surface area contributed by atoms with E-state index in [1.54, 1.807) is 0 Å². The maximum Gasteiger partial charge on any atom is 0.169 e. The van der Waals surface area contributed by atoms with E-state index in [1.165, 1.54) is 0 Å². The van der Waals surface area contributed by atoms with Crippen molar-refractivity contribution in [2.45, 2.75) is 26.2 Å². The van der Waals surface area contributed by atoms with Crippen LogP contribution in [0.5, 0.6) is 0 Å². The van der Waals surface area contributed by atoms with Crippen molar-refractivity contribution in [2.75, 3.05) is 0 Å². The van der Waals surface area contributed by atoms with Gasteiger partial charge < -0.3 is 5.11 Å². The smallest absolute Gasteiger partial charge is 0.169 e. The van der Waals surface area contributed by atoms with E-state index in [2.05, 4.69) is 38.8 Å². The summed E-state index contributed by atoms with van der Waals surface area (Å²) >= 11 is 6.18. The van der Waals surface area contributed by atoms with Gasteiger partial charge in [0.25, 0.3) is 0 Å². The van der Waals surface area contributed by atoms with Gasteiger partial charge in [-0.3, -0.25) is 0 Å². The van der Waals surface area contributed by atoms with Gasteiger partial charge in [0, 0.05) is 4.48 Å². The molecule has 0 aromatic heterocycles. The van der Waals surface area contributed by atoms with Gasteiger partial charge in [-0.25, -0.2) is 0 Å². The topological polar surface area (TPSA) is 20.2 Å². The van der Waals surface area contributed by atoms with Gasteiger partial charge in [0.05, 0.1) is 0 Å². The summed E-state index contributed by atoms with van der Waals surface area (Å²) in [6.45, 7) is 2.12. The number of hydrogen-bond donors (Lipinski definition) is 1. The van der Waals surface area contributed by atoms with E-state index < -0.39 is 0 Å². The van der Waals surface area contributed by atoms with Crippen molar-refractivity contribution in [3.63, 3.8) is 0 Å². The molecule has 0 bridgehead atoms. The van der Waals surface area contributed by atoms with Crippen molar-refractivity contribution in [3.05, 3.63) is 9.15 Å². The summed E-state index contributed by atoms with van der Waals surface area (Å²) in [6.07, 6.45) is 3.17. The molecule has 0 rings (SSSR count). The van der Waals surface area contributed by atoms with Crippen LogP contribution < -0.4 is 0 Å². The molecule has 0 aliphatic rings. The zero-order valence-corrected chi connectivity index (χ0v) is 8.50. The van der Waals surface area contributed by atoms with Crippen LogP contribution >= 0.6 is 31.9 Å². The average Bonchev–Trinajstić information content (AvgIpc) is 1.82. The van der Waals surface area contributed by atoms with E-state index in [4.69, 9.17) is 5.11 Å². The molecule has 0 radical (unpaired) electrons. The van der Waals surface area contributed by atoms with Crippen LogP contribution in [0.2, 0.25) is 0 Å². The van der Waals surface area contributed by atoms with Crippen LogP contribution in [0.3, 0.4) is 0 Å². The number of unbranched alkanes of at least 4 members (excludes halogenated alkanes) is 1. The minimum Gasteiger partial charge on any atom is -0.501 e. The number of aliphatic hydroxyl groups excluding tert-OH is 1. The molecule has 54 valence electrons. The van der Waals surface area contributed by atoms with Crippen LogP contribution in [0.25, 0.3) is 0 Å². The molecular formula is C6H10Br2O. The van der Waals surface area contributed by atoms with Gasteiger partial charge in [0.2, 0.25) is 0 Å². The molecule has 0 amide bonds. The lowest BCUT2D eigenvalue weighted by Crippen LogP contribution is -1.76. The van der Waals surface area contributed by atoms with E-state index in [-0.39, 0.29) is 4.67 Å². The summed E-state index contributed by atoms with van der Waals surface area (Å²) in [6, 6.07) is 0. The molecule has 0 aromatic rings. The fraction of sp³-hybridized carbons (Fsp3) is 0.667. The minimum absolute atomic E-state index is 0.218. The molecule has 0 spiro atoms. The Labute approximate surface area is 72.4 Å². The Morgan fingerprint density at radius 2 is 2.00 bits per heavy atom. The van der Waals surface area contributed by atoms with Gasteiger partial charge in [-0.15, -0.1) is 0 Å². The summed E-state index contributed by atoms with van der Waals surface area (Å²) in [5.74, 6) is 0. The summed E-state index contributed by atoms with van der Waals surface area (Å²) in [5.41, 5.74) is 0. The highest BCUT2D eigenvalue weighted by Gasteiger charge is 1.95. The summed E-state index contributed by atoms with van der Waals surface area (Å²) in [7, 11) is 0. The second kappa shape index (κ2) is 5.30. The fourth-order valence-corrected chi connectivity index (χ4v) is 0.914. The van der Waals surface area contributed by atoms with Crippen LogP contribution in [-0.2, 0) is 0 Å². The molecule has 0 aliphatic carbocycles. The van der Waals surface area contributed by atoms with E-state index in [0.29, 0.717) is 0 Å². The maximum absolute atomic E-state index is 8.80. The molecule has 1 nitrogen and oxygen atoms in total.